The number of anilines is 1. The van der Waals surface area contributed by atoms with E-state index in [0.29, 0.717) is 0 Å². The third-order valence-electron chi connectivity index (χ3n) is 2.00. The Labute approximate surface area is 118 Å². The number of rotatable bonds is 2. The fourth-order valence-corrected chi connectivity index (χ4v) is 2.06. The van der Waals surface area contributed by atoms with Crippen molar-refractivity contribution >= 4 is 16.5 Å². The summed E-state index contributed by atoms with van der Waals surface area (Å²) in [6.45, 7) is 6.50. The van der Waals surface area contributed by atoms with Crippen molar-refractivity contribution in [2.75, 3.05) is 19.0 Å². The number of hydrogen-bond acceptors (Lipinski definition) is 3. The molecule has 0 radical (unpaired) electrons. The highest BCUT2D eigenvalue weighted by atomic mass is 32.1. The maximum atomic E-state index is 12.7. The largest absolute Gasteiger partial charge is 0.354 e. The van der Waals surface area contributed by atoms with E-state index in [1.165, 1.54) is 12.1 Å². The summed E-state index contributed by atoms with van der Waals surface area (Å²) in [6.07, 6.45) is 1.81. The molecule has 1 aromatic carbocycles. The molecule has 0 aliphatic heterocycles. The SMILES string of the molecule is CC(C)C.CN(C)c1ncc(-c2ccc(F)cc2)s1. The summed E-state index contributed by atoms with van der Waals surface area (Å²) in [7, 11) is 3.90. The van der Waals surface area contributed by atoms with Crippen LogP contribution in [-0.2, 0) is 0 Å². The van der Waals surface area contributed by atoms with Crippen LogP contribution in [0.5, 0.6) is 0 Å². The van der Waals surface area contributed by atoms with Gasteiger partial charge in [0.15, 0.2) is 5.13 Å². The van der Waals surface area contributed by atoms with Gasteiger partial charge in [-0.1, -0.05) is 44.2 Å². The highest BCUT2D eigenvalue weighted by molar-refractivity contribution is 7.18. The molecule has 0 fully saturated rings. The number of thiazole rings is 1. The Morgan fingerprint density at radius 2 is 1.63 bits per heavy atom. The van der Waals surface area contributed by atoms with Gasteiger partial charge in [0.2, 0.25) is 0 Å². The normalized spacial score (nSPS) is 10.1. The van der Waals surface area contributed by atoms with E-state index in [4.69, 9.17) is 0 Å². The Kier molecular flexibility index (Phi) is 5.96. The number of halogens is 1. The molecule has 0 saturated carbocycles. The zero-order valence-corrected chi connectivity index (χ0v) is 13.0. The quantitative estimate of drug-likeness (QED) is 0.794. The van der Waals surface area contributed by atoms with Gasteiger partial charge in [0, 0.05) is 20.3 Å². The molecular weight excluding hydrogens is 259 g/mol. The lowest BCUT2D eigenvalue weighted by atomic mass is 10.2. The molecule has 0 amide bonds. The van der Waals surface area contributed by atoms with Crippen LogP contribution in [0.1, 0.15) is 20.8 Å². The highest BCUT2D eigenvalue weighted by Gasteiger charge is 2.05. The van der Waals surface area contributed by atoms with E-state index in [2.05, 4.69) is 25.8 Å². The Morgan fingerprint density at radius 1 is 1.11 bits per heavy atom. The van der Waals surface area contributed by atoms with Crippen LogP contribution < -0.4 is 4.90 Å². The van der Waals surface area contributed by atoms with Gasteiger partial charge >= 0.3 is 0 Å². The van der Waals surface area contributed by atoms with Gasteiger partial charge in [-0.2, -0.15) is 0 Å². The fraction of sp³-hybridized carbons (Fsp3) is 0.400. The second-order valence-corrected chi connectivity index (χ2v) is 6.15. The average molecular weight is 280 g/mol. The fourth-order valence-electron chi connectivity index (χ4n) is 1.22. The van der Waals surface area contributed by atoms with E-state index in [-0.39, 0.29) is 5.82 Å². The predicted molar refractivity (Wildman–Crippen MR) is 82.3 cm³/mol. The van der Waals surface area contributed by atoms with Gasteiger partial charge < -0.3 is 4.90 Å². The number of nitrogens with zero attached hydrogens (tertiary/aromatic N) is 2. The van der Waals surface area contributed by atoms with E-state index >= 15 is 0 Å². The van der Waals surface area contributed by atoms with Crippen molar-refractivity contribution in [3.8, 4) is 10.4 Å². The molecule has 4 heteroatoms. The Balaban J connectivity index is 0.000000399. The molecule has 2 nitrogen and oxygen atoms in total. The van der Waals surface area contributed by atoms with E-state index < -0.39 is 0 Å². The van der Waals surface area contributed by atoms with Crippen LogP contribution in [0.2, 0.25) is 0 Å². The molecule has 2 rings (SSSR count). The number of hydrogen-bond donors (Lipinski definition) is 0. The van der Waals surface area contributed by atoms with Crippen molar-refractivity contribution in [2.24, 2.45) is 5.92 Å². The van der Waals surface area contributed by atoms with Crippen molar-refractivity contribution in [3.63, 3.8) is 0 Å². The lowest BCUT2D eigenvalue weighted by Crippen LogP contribution is -2.07. The number of benzene rings is 1. The molecule has 1 heterocycles. The summed E-state index contributed by atoms with van der Waals surface area (Å²) >= 11 is 1.59. The van der Waals surface area contributed by atoms with Crippen molar-refractivity contribution in [1.29, 1.82) is 0 Å². The lowest BCUT2D eigenvalue weighted by Gasteiger charge is -2.05. The first-order valence-electron chi connectivity index (χ1n) is 6.29. The zero-order chi connectivity index (χ0) is 14.4. The first kappa shape index (κ1) is 15.6. The molecule has 2 aromatic rings. The standard InChI is InChI=1S/C11H11FN2S.C4H10/c1-14(2)11-13-7-10(15-11)8-3-5-9(12)6-4-8;1-4(2)3/h3-7H,1-2H3;4H,1-3H3. The van der Waals surface area contributed by atoms with E-state index in [9.17, 15) is 4.39 Å². The van der Waals surface area contributed by atoms with Crippen molar-refractivity contribution in [1.82, 2.24) is 4.98 Å². The smallest absolute Gasteiger partial charge is 0.185 e. The third-order valence-corrected chi connectivity index (χ3v) is 3.22. The maximum Gasteiger partial charge on any atom is 0.185 e. The first-order chi connectivity index (χ1) is 8.90. The summed E-state index contributed by atoms with van der Waals surface area (Å²) in [4.78, 5) is 7.28. The van der Waals surface area contributed by atoms with Gasteiger partial charge in [-0.3, -0.25) is 0 Å². The second kappa shape index (κ2) is 7.24. The molecule has 0 aliphatic carbocycles. The van der Waals surface area contributed by atoms with Gasteiger partial charge in [0.25, 0.3) is 0 Å². The molecule has 0 atom stereocenters. The second-order valence-electron chi connectivity index (χ2n) is 5.14. The monoisotopic (exact) mass is 280 g/mol. The van der Waals surface area contributed by atoms with E-state index in [1.807, 2.05) is 25.2 Å². The van der Waals surface area contributed by atoms with Crippen molar-refractivity contribution < 1.29 is 4.39 Å². The summed E-state index contributed by atoms with van der Waals surface area (Å²) in [6, 6.07) is 6.46. The first-order valence-corrected chi connectivity index (χ1v) is 7.11. The van der Waals surface area contributed by atoms with Gasteiger partial charge in [-0.15, -0.1) is 0 Å². The minimum absolute atomic E-state index is 0.212. The molecule has 1 aromatic heterocycles. The molecule has 0 spiro atoms. The van der Waals surface area contributed by atoms with Gasteiger partial charge in [-0.05, 0) is 23.6 Å². The lowest BCUT2D eigenvalue weighted by molar-refractivity contribution is 0.628. The Morgan fingerprint density at radius 3 is 2.05 bits per heavy atom. The molecule has 0 saturated heterocycles. The van der Waals surface area contributed by atoms with Crippen molar-refractivity contribution in [2.45, 2.75) is 20.8 Å². The Hall–Kier alpha value is -1.42. The van der Waals surface area contributed by atoms with Crippen LogP contribution in [0.4, 0.5) is 9.52 Å². The maximum absolute atomic E-state index is 12.7. The molecule has 0 bridgehead atoms. The summed E-state index contributed by atoms with van der Waals surface area (Å²) in [5.41, 5.74) is 1.00. The van der Waals surface area contributed by atoms with Crippen LogP contribution in [0, 0.1) is 11.7 Å². The highest BCUT2D eigenvalue weighted by Crippen LogP contribution is 2.29. The third kappa shape index (κ3) is 5.39. The minimum Gasteiger partial charge on any atom is -0.354 e. The zero-order valence-electron chi connectivity index (χ0n) is 12.1. The van der Waals surface area contributed by atoms with Crippen LogP contribution in [0.3, 0.4) is 0 Å². The van der Waals surface area contributed by atoms with E-state index in [0.717, 1.165) is 21.5 Å². The Bertz CT molecular complexity index is 486. The van der Waals surface area contributed by atoms with Crippen molar-refractivity contribution in [3.05, 3.63) is 36.3 Å². The summed E-state index contributed by atoms with van der Waals surface area (Å²) in [5.74, 6) is 0.621. The molecule has 0 unspecified atom stereocenters. The van der Waals surface area contributed by atoms with Crippen LogP contribution in [0.15, 0.2) is 30.5 Å². The molecule has 0 aliphatic rings. The van der Waals surface area contributed by atoms with Gasteiger partial charge in [0.1, 0.15) is 5.82 Å². The summed E-state index contributed by atoms with van der Waals surface area (Å²) < 4.78 is 12.7. The topological polar surface area (TPSA) is 16.1 Å². The van der Waals surface area contributed by atoms with Gasteiger partial charge in [-0.25, -0.2) is 9.37 Å². The van der Waals surface area contributed by atoms with E-state index in [1.54, 1.807) is 23.5 Å². The minimum atomic E-state index is -0.212. The predicted octanol–water partition coefficient (Wildman–Crippen LogP) is 4.68. The molecular formula is C15H21FN2S. The van der Waals surface area contributed by atoms with Crippen LogP contribution in [0.25, 0.3) is 10.4 Å². The molecule has 0 N–H and O–H groups in total. The molecule has 19 heavy (non-hydrogen) atoms. The van der Waals surface area contributed by atoms with Crippen LogP contribution in [-0.4, -0.2) is 19.1 Å². The number of aromatic nitrogens is 1. The average Bonchev–Trinajstić information content (AvgIpc) is 2.78. The van der Waals surface area contributed by atoms with Crippen LogP contribution >= 0.6 is 11.3 Å². The molecule has 104 valence electrons. The van der Waals surface area contributed by atoms with Gasteiger partial charge in [0.05, 0.1) is 4.88 Å². The summed E-state index contributed by atoms with van der Waals surface area (Å²) in [5, 5.41) is 0.953.